The van der Waals surface area contributed by atoms with Gasteiger partial charge >= 0.3 is 0 Å². The van der Waals surface area contributed by atoms with Crippen LogP contribution in [-0.2, 0) is 17.8 Å². The van der Waals surface area contributed by atoms with Crippen molar-refractivity contribution in [3.8, 4) is 5.75 Å². The van der Waals surface area contributed by atoms with Crippen LogP contribution in [0.4, 0.5) is 10.1 Å². The summed E-state index contributed by atoms with van der Waals surface area (Å²) < 4.78 is 18.8. The maximum absolute atomic E-state index is 13.6. The Bertz CT molecular complexity index is 1360. The molecule has 0 aliphatic heterocycles. The Morgan fingerprint density at radius 3 is 2.32 bits per heavy atom. The van der Waals surface area contributed by atoms with Gasteiger partial charge in [0.1, 0.15) is 11.6 Å². The number of nitrogens with one attached hydrogen (secondary N) is 1. The summed E-state index contributed by atoms with van der Waals surface area (Å²) in [6.07, 6.45) is 0.169. The Morgan fingerprint density at radius 2 is 1.59 bits per heavy atom. The van der Waals surface area contributed by atoms with Gasteiger partial charge in [0.2, 0.25) is 5.91 Å². The van der Waals surface area contributed by atoms with Gasteiger partial charge in [-0.05, 0) is 66.1 Å². The minimum Gasteiger partial charge on any atom is -0.497 e. The molecule has 0 unspecified atom stereocenters. The summed E-state index contributed by atoms with van der Waals surface area (Å²) in [5.74, 6) is -0.113. The molecule has 0 bridgehead atoms. The number of rotatable bonds is 9. The first kappa shape index (κ1) is 25.6. The van der Waals surface area contributed by atoms with E-state index in [1.54, 1.807) is 48.4 Å². The summed E-state index contributed by atoms with van der Waals surface area (Å²) in [4.78, 5) is 28.0. The van der Waals surface area contributed by atoms with Crippen LogP contribution in [0.2, 0.25) is 0 Å². The Morgan fingerprint density at radius 1 is 0.865 bits per heavy atom. The number of amides is 2. The highest BCUT2D eigenvalue weighted by Gasteiger charge is 2.20. The quantitative estimate of drug-likeness (QED) is 0.305. The average Bonchev–Trinajstić information content (AvgIpc) is 2.93. The fourth-order valence-corrected chi connectivity index (χ4v) is 4.10. The summed E-state index contributed by atoms with van der Waals surface area (Å²) in [6.45, 7) is 2.18. The molecular weight excluding hydrogens is 467 g/mol. The number of benzene rings is 4. The van der Waals surface area contributed by atoms with E-state index < -0.39 is 0 Å². The number of ether oxygens (including phenoxy) is 1. The lowest BCUT2D eigenvalue weighted by Crippen LogP contribution is -2.31. The molecule has 0 spiro atoms. The molecule has 188 valence electrons. The Balaban J connectivity index is 1.57. The standard InChI is InChI=1S/C31H29FN2O3/c1-22(25-9-4-3-5-10-25)33-30(35)19-24-8-6-12-28(18-24)34(21-23-14-16-27(32)17-15-23)31(36)26-11-7-13-29(20-26)37-2/h3-18,20,22H,19,21H2,1-2H3,(H,33,35)/t22-/m0/s1. The van der Waals surface area contributed by atoms with E-state index in [9.17, 15) is 14.0 Å². The van der Waals surface area contributed by atoms with E-state index in [-0.39, 0.29) is 36.6 Å². The van der Waals surface area contributed by atoms with Crippen LogP contribution in [0.25, 0.3) is 0 Å². The molecule has 37 heavy (non-hydrogen) atoms. The molecular formula is C31H29FN2O3. The van der Waals surface area contributed by atoms with E-state index in [1.807, 2.05) is 61.5 Å². The van der Waals surface area contributed by atoms with Gasteiger partial charge in [-0.3, -0.25) is 9.59 Å². The lowest BCUT2D eigenvalue weighted by molar-refractivity contribution is -0.121. The van der Waals surface area contributed by atoms with Crippen molar-refractivity contribution in [2.75, 3.05) is 12.0 Å². The third kappa shape index (κ3) is 6.82. The van der Waals surface area contributed by atoms with Crippen molar-refractivity contribution in [1.82, 2.24) is 5.32 Å². The largest absolute Gasteiger partial charge is 0.497 e. The van der Waals surface area contributed by atoms with Crippen LogP contribution >= 0.6 is 0 Å². The SMILES string of the molecule is COc1cccc(C(=O)N(Cc2ccc(F)cc2)c2cccc(CC(=O)N[C@@H](C)c3ccccc3)c2)c1. The van der Waals surface area contributed by atoms with Crippen LogP contribution < -0.4 is 15.0 Å². The summed E-state index contributed by atoms with van der Waals surface area (Å²) in [6, 6.07) is 30.0. The van der Waals surface area contributed by atoms with Gasteiger partial charge in [-0.1, -0.05) is 60.7 Å². The number of nitrogens with zero attached hydrogens (tertiary/aromatic N) is 1. The Labute approximate surface area is 216 Å². The van der Waals surface area contributed by atoms with Gasteiger partial charge < -0.3 is 15.0 Å². The lowest BCUT2D eigenvalue weighted by Gasteiger charge is -2.24. The first-order valence-corrected chi connectivity index (χ1v) is 12.1. The topological polar surface area (TPSA) is 58.6 Å². The van der Waals surface area contributed by atoms with E-state index in [0.29, 0.717) is 17.0 Å². The minimum atomic E-state index is -0.341. The van der Waals surface area contributed by atoms with Gasteiger partial charge in [-0.2, -0.15) is 0 Å². The molecule has 1 atom stereocenters. The molecule has 4 aromatic carbocycles. The van der Waals surface area contributed by atoms with E-state index in [2.05, 4.69) is 5.32 Å². The normalized spacial score (nSPS) is 11.4. The van der Waals surface area contributed by atoms with Crippen LogP contribution in [0.1, 0.15) is 40.0 Å². The van der Waals surface area contributed by atoms with Gasteiger partial charge in [0.25, 0.3) is 5.91 Å². The third-order valence-corrected chi connectivity index (χ3v) is 6.08. The molecule has 0 radical (unpaired) electrons. The highest BCUT2D eigenvalue weighted by atomic mass is 19.1. The molecule has 0 heterocycles. The third-order valence-electron chi connectivity index (χ3n) is 6.08. The number of hydrogen-bond acceptors (Lipinski definition) is 3. The number of halogens is 1. The smallest absolute Gasteiger partial charge is 0.258 e. The van der Waals surface area contributed by atoms with Crippen LogP contribution in [0.3, 0.4) is 0 Å². The molecule has 4 aromatic rings. The average molecular weight is 497 g/mol. The lowest BCUT2D eigenvalue weighted by atomic mass is 10.1. The molecule has 5 nitrogen and oxygen atoms in total. The van der Waals surface area contributed by atoms with Gasteiger partial charge in [0.15, 0.2) is 0 Å². The first-order chi connectivity index (χ1) is 17.9. The number of hydrogen-bond donors (Lipinski definition) is 1. The molecule has 0 aliphatic carbocycles. The monoisotopic (exact) mass is 496 g/mol. The molecule has 4 rings (SSSR count). The molecule has 1 N–H and O–H groups in total. The van der Waals surface area contributed by atoms with Crippen molar-refractivity contribution < 1.29 is 18.7 Å². The molecule has 6 heteroatoms. The van der Waals surface area contributed by atoms with Crippen molar-refractivity contribution in [1.29, 1.82) is 0 Å². The zero-order valence-corrected chi connectivity index (χ0v) is 20.9. The number of carbonyl (C=O) groups excluding carboxylic acids is 2. The second-order valence-corrected chi connectivity index (χ2v) is 8.80. The molecule has 0 saturated heterocycles. The fraction of sp³-hybridized carbons (Fsp3) is 0.161. The van der Waals surface area contributed by atoms with E-state index in [1.165, 1.54) is 12.1 Å². The molecule has 0 aliphatic rings. The Kier molecular flexibility index (Phi) is 8.31. The number of carbonyl (C=O) groups is 2. The van der Waals surface area contributed by atoms with Gasteiger partial charge in [0.05, 0.1) is 26.1 Å². The fourth-order valence-electron chi connectivity index (χ4n) is 4.10. The van der Waals surface area contributed by atoms with Crippen molar-refractivity contribution in [2.45, 2.75) is 25.9 Å². The van der Waals surface area contributed by atoms with Gasteiger partial charge in [0, 0.05) is 11.3 Å². The predicted molar refractivity (Wildman–Crippen MR) is 143 cm³/mol. The minimum absolute atomic E-state index is 0.113. The van der Waals surface area contributed by atoms with Gasteiger partial charge in [-0.25, -0.2) is 4.39 Å². The van der Waals surface area contributed by atoms with E-state index in [0.717, 1.165) is 16.7 Å². The first-order valence-electron chi connectivity index (χ1n) is 12.1. The van der Waals surface area contributed by atoms with Crippen LogP contribution in [0.15, 0.2) is 103 Å². The van der Waals surface area contributed by atoms with E-state index in [4.69, 9.17) is 4.74 Å². The van der Waals surface area contributed by atoms with Crippen molar-refractivity contribution >= 4 is 17.5 Å². The maximum Gasteiger partial charge on any atom is 0.258 e. The summed E-state index contributed by atoms with van der Waals surface area (Å²) in [5.41, 5.74) is 3.68. The zero-order chi connectivity index (χ0) is 26.2. The van der Waals surface area contributed by atoms with Crippen molar-refractivity contribution in [3.05, 3.63) is 131 Å². The van der Waals surface area contributed by atoms with Crippen LogP contribution in [0.5, 0.6) is 5.75 Å². The molecule has 0 saturated carbocycles. The van der Waals surface area contributed by atoms with Crippen molar-refractivity contribution in [2.24, 2.45) is 0 Å². The molecule has 0 fully saturated rings. The van der Waals surface area contributed by atoms with Gasteiger partial charge in [-0.15, -0.1) is 0 Å². The maximum atomic E-state index is 13.6. The second-order valence-electron chi connectivity index (χ2n) is 8.80. The highest BCUT2D eigenvalue weighted by molar-refractivity contribution is 6.06. The summed E-state index contributed by atoms with van der Waals surface area (Å²) in [7, 11) is 1.55. The highest BCUT2D eigenvalue weighted by Crippen LogP contribution is 2.24. The van der Waals surface area contributed by atoms with Crippen molar-refractivity contribution in [3.63, 3.8) is 0 Å². The number of methoxy groups -OCH3 is 1. The molecule has 0 aromatic heterocycles. The second kappa shape index (κ2) is 12.0. The predicted octanol–water partition coefficient (Wildman–Crippen LogP) is 6.10. The summed E-state index contributed by atoms with van der Waals surface area (Å²) in [5, 5.41) is 3.03. The molecule has 2 amide bonds. The van der Waals surface area contributed by atoms with Crippen LogP contribution in [-0.4, -0.2) is 18.9 Å². The number of anilines is 1. The summed E-state index contributed by atoms with van der Waals surface area (Å²) >= 11 is 0. The van der Waals surface area contributed by atoms with Crippen LogP contribution in [0, 0.1) is 5.82 Å². The zero-order valence-electron chi connectivity index (χ0n) is 20.9. The van der Waals surface area contributed by atoms with E-state index >= 15 is 0 Å². The Hall–Kier alpha value is -4.45.